The topological polar surface area (TPSA) is 17.1 Å². The van der Waals surface area contributed by atoms with E-state index >= 15 is 0 Å². The van der Waals surface area contributed by atoms with Gasteiger partial charge in [0.15, 0.2) is 5.12 Å². The molecule has 0 aliphatic carbocycles. The van der Waals surface area contributed by atoms with Crippen molar-refractivity contribution in [2.45, 2.75) is 25.7 Å². The Kier molecular flexibility index (Phi) is 5.95. The van der Waals surface area contributed by atoms with Gasteiger partial charge in [-0.2, -0.15) is 0 Å². The molecular formula is C24H24OS. The third-order valence-corrected chi connectivity index (χ3v) is 5.98. The van der Waals surface area contributed by atoms with Crippen LogP contribution in [0.4, 0.5) is 0 Å². The molecule has 0 aromatic heterocycles. The molecule has 0 saturated heterocycles. The number of thioether (sulfide) groups is 1. The molecule has 1 nitrogen and oxygen atoms in total. The highest BCUT2D eigenvalue weighted by atomic mass is 32.2. The number of benzene rings is 3. The van der Waals surface area contributed by atoms with Gasteiger partial charge in [-0.1, -0.05) is 111 Å². The van der Waals surface area contributed by atoms with Gasteiger partial charge in [-0.05, 0) is 28.2 Å². The maximum absolute atomic E-state index is 12.9. The minimum atomic E-state index is 0.0208. The summed E-state index contributed by atoms with van der Waals surface area (Å²) in [7, 11) is 0. The molecule has 1 atom stereocenters. The third-order valence-electron chi connectivity index (χ3n) is 4.76. The molecule has 0 spiro atoms. The second-order valence-electron chi connectivity index (χ2n) is 6.87. The number of carbonyl (C=O) groups is 1. The molecule has 0 aliphatic heterocycles. The molecule has 26 heavy (non-hydrogen) atoms. The summed E-state index contributed by atoms with van der Waals surface area (Å²) in [5.74, 6) is 0.353. The molecule has 0 aliphatic rings. The first-order chi connectivity index (χ1) is 12.6. The van der Waals surface area contributed by atoms with Crippen LogP contribution in [-0.4, -0.2) is 5.12 Å². The molecule has 0 bridgehead atoms. The van der Waals surface area contributed by atoms with E-state index in [1.54, 1.807) is 0 Å². The summed E-state index contributed by atoms with van der Waals surface area (Å²) in [6, 6.07) is 26.9. The van der Waals surface area contributed by atoms with Crippen molar-refractivity contribution >= 4 is 16.9 Å². The highest BCUT2D eigenvalue weighted by Gasteiger charge is 2.22. The first kappa shape index (κ1) is 18.5. The van der Waals surface area contributed by atoms with E-state index in [0.717, 1.165) is 27.1 Å². The van der Waals surface area contributed by atoms with Crippen LogP contribution in [-0.2, 0) is 4.79 Å². The Morgan fingerprint density at radius 1 is 0.692 bits per heavy atom. The van der Waals surface area contributed by atoms with Gasteiger partial charge in [0.1, 0.15) is 0 Å². The summed E-state index contributed by atoms with van der Waals surface area (Å²) in [6.07, 6.45) is 0. The fraction of sp³-hybridized carbons (Fsp3) is 0.208. The van der Waals surface area contributed by atoms with Crippen molar-refractivity contribution < 1.29 is 4.79 Å². The van der Waals surface area contributed by atoms with Gasteiger partial charge in [-0.25, -0.2) is 0 Å². The first-order valence-corrected chi connectivity index (χ1v) is 9.85. The van der Waals surface area contributed by atoms with Crippen LogP contribution >= 0.6 is 11.8 Å². The minimum Gasteiger partial charge on any atom is -0.287 e. The monoisotopic (exact) mass is 360 g/mol. The molecule has 0 amide bonds. The van der Waals surface area contributed by atoms with Gasteiger partial charge in [0, 0.05) is 10.8 Å². The largest absolute Gasteiger partial charge is 0.287 e. The SMILES string of the molecule is CC(C)C(C)C(=O)Sc1c(-c2ccccc2)cccc1-c1ccccc1. The van der Waals surface area contributed by atoms with Crippen molar-refractivity contribution in [2.24, 2.45) is 11.8 Å². The number of carbonyl (C=O) groups excluding carboxylic acids is 1. The van der Waals surface area contributed by atoms with E-state index in [4.69, 9.17) is 0 Å². The molecule has 0 N–H and O–H groups in total. The second kappa shape index (κ2) is 8.37. The van der Waals surface area contributed by atoms with Crippen molar-refractivity contribution in [1.82, 2.24) is 0 Å². The lowest BCUT2D eigenvalue weighted by Gasteiger charge is -2.18. The van der Waals surface area contributed by atoms with E-state index in [9.17, 15) is 4.79 Å². The van der Waals surface area contributed by atoms with Crippen molar-refractivity contribution in [3.8, 4) is 22.3 Å². The highest BCUT2D eigenvalue weighted by molar-refractivity contribution is 8.13. The standard InChI is InChI=1S/C24H24OS/c1-17(2)18(3)24(25)26-23-21(19-11-6-4-7-12-19)15-10-16-22(23)20-13-8-5-9-14-20/h4-18H,1-3H3. The van der Waals surface area contributed by atoms with Crippen LogP contribution in [0.3, 0.4) is 0 Å². The molecule has 0 radical (unpaired) electrons. The minimum absolute atomic E-state index is 0.0208. The summed E-state index contributed by atoms with van der Waals surface area (Å²) in [5, 5.41) is 0.223. The number of rotatable bonds is 5. The zero-order valence-corrected chi connectivity index (χ0v) is 16.3. The fourth-order valence-electron chi connectivity index (χ4n) is 2.80. The molecule has 0 heterocycles. The van der Waals surface area contributed by atoms with Gasteiger partial charge in [0.05, 0.1) is 0 Å². The van der Waals surface area contributed by atoms with Gasteiger partial charge in [0.2, 0.25) is 0 Å². The van der Waals surface area contributed by atoms with Crippen molar-refractivity contribution in [2.75, 3.05) is 0 Å². The molecule has 3 aromatic carbocycles. The van der Waals surface area contributed by atoms with E-state index in [2.05, 4.69) is 56.3 Å². The van der Waals surface area contributed by atoms with E-state index in [1.165, 1.54) is 11.8 Å². The van der Waals surface area contributed by atoms with Crippen LogP contribution in [0, 0.1) is 11.8 Å². The fourth-order valence-corrected chi connectivity index (χ4v) is 4.05. The van der Waals surface area contributed by atoms with Gasteiger partial charge in [-0.15, -0.1) is 0 Å². The maximum atomic E-state index is 12.9. The van der Waals surface area contributed by atoms with Gasteiger partial charge < -0.3 is 0 Å². The van der Waals surface area contributed by atoms with Crippen LogP contribution in [0.1, 0.15) is 20.8 Å². The normalized spacial score (nSPS) is 12.2. The Labute approximate surface area is 160 Å². The average molecular weight is 361 g/mol. The number of hydrogen-bond acceptors (Lipinski definition) is 2. The Bertz CT molecular complexity index is 811. The molecule has 0 fully saturated rings. The van der Waals surface area contributed by atoms with Crippen LogP contribution < -0.4 is 0 Å². The van der Waals surface area contributed by atoms with Gasteiger partial charge >= 0.3 is 0 Å². The molecule has 2 heteroatoms. The number of hydrogen-bond donors (Lipinski definition) is 0. The summed E-state index contributed by atoms with van der Waals surface area (Å²) in [4.78, 5) is 13.9. The smallest absolute Gasteiger partial charge is 0.196 e. The van der Waals surface area contributed by atoms with Gasteiger partial charge in [0.25, 0.3) is 0 Å². The molecule has 3 rings (SSSR count). The average Bonchev–Trinajstić information content (AvgIpc) is 2.68. The van der Waals surface area contributed by atoms with E-state index in [-0.39, 0.29) is 11.0 Å². The van der Waals surface area contributed by atoms with Crippen LogP contribution in [0.25, 0.3) is 22.3 Å². The molecule has 0 saturated carbocycles. The van der Waals surface area contributed by atoms with Crippen LogP contribution in [0.5, 0.6) is 0 Å². The third kappa shape index (κ3) is 4.08. The summed E-state index contributed by atoms with van der Waals surface area (Å²) in [6.45, 7) is 6.22. The van der Waals surface area contributed by atoms with Crippen LogP contribution in [0.15, 0.2) is 83.8 Å². The van der Waals surface area contributed by atoms with Crippen molar-refractivity contribution in [1.29, 1.82) is 0 Å². The highest BCUT2D eigenvalue weighted by Crippen LogP contribution is 2.41. The molecule has 1 unspecified atom stereocenters. The Morgan fingerprint density at radius 2 is 1.15 bits per heavy atom. The lowest BCUT2D eigenvalue weighted by molar-refractivity contribution is -0.114. The van der Waals surface area contributed by atoms with Crippen LogP contribution in [0.2, 0.25) is 0 Å². The lowest BCUT2D eigenvalue weighted by atomic mass is 9.99. The predicted molar refractivity (Wildman–Crippen MR) is 112 cm³/mol. The zero-order valence-electron chi connectivity index (χ0n) is 15.5. The first-order valence-electron chi connectivity index (χ1n) is 9.03. The Balaban J connectivity index is 2.13. The summed E-state index contributed by atoms with van der Waals surface area (Å²) in [5.41, 5.74) is 4.50. The molecular weight excluding hydrogens is 336 g/mol. The van der Waals surface area contributed by atoms with Crippen molar-refractivity contribution in [3.05, 3.63) is 78.9 Å². The quantitative estimate of drug-likeness (QED) is 0.459. The molecule has 3 aromatic rings. The maximum Gasteiger partial charge on any atom is 0.196 e. The van der Waals surface area contributed by atoms with E-state index in [1.807, 2.05) is 43.3 Å². The Hall–Kier alpha value is -2.32. The van der Waals surface area contributed by atoms with E-state index in [0.29, 0.717) is 5.92 Å². The van der Waals surface area contributed by atoms with E-state index < -0.39 is 0 Å². The lowest BCUT2D eigenvalue weighted by Crippen LogP contribution is -2.13. The molecule has 132 valence electrons. The summed E-state index contributed by atoms with van der Waals surface area (Å²) >= 11 is 1.38. The Morgan fingerprint density at radius 3 is 1.58 bits per heavy atom. The van der Waals surface area contributed by atoms with Crippen molar-refractivity contribution in [3.63, 3.8) is 0 Å². The second-order valence-corrected chi connectivity index (χ2v) is 7.88. The predicted octanol–water partition coefficient (Wildman–Crippen LogP) is 6.93. The summed E-state index contributed by atoms with van der Waals surface area (Å²) < 4.78 is 0. The zero-order chi connectivity index (χ0) is 18.5. The van der Waals surface area contributed by atoms with Gasteiger partial charge in [-0.3, -0.25) is 4.79 Å².